The Balaban J connectivity index is 1.27. The topological polar surface area (TPSA) is 147 Å². The number of nitrogen functional groups attached to an aromatic ring is 1. The second-order valence-corrected chi connectivity index (χ2v) is 9.73. The Morgan fingerprint density at radius 1 is 1.11 bits per heavy atom. The van der Waals surface area contributed by atoms with Crippen molar-refractivity contribution in [2.45, 2.75) is 37.8 Å². The summed E-state index contributed by atoms with van der Waals surface area (Å²) in [6.07, 6.45) is -0.410. The Labute approximate surface area is 217 Å². The number of thiazole rings is 1. The molecule has 10 nitrogen and oxygen atoms in total. The number of fused-ring (bicyclic) bond motifs is 1. The van der Waals surface area contributed by atoms with Crippen molar-refractivity contribution >= 4 is 28.3 Å². The summed E-state index contributed by atoms with van der Waals surface area (Å²) in [5, 5.41) is 30.3. The number of nitrogens with two attached hydrogens (primary N) is 1. The van der Waals surface area contributed by atoms with Crippen LogP contribution in [0.3, 0.4) is 0 Å². The van der Waals surface area contributed by atoms with E-state index in [0.29, 0.717) is 10.8 Å². The molecule has 190 valence electrons. The van der Waals surface area contributed by atoms with E-state index in [-0.39, 0.29) is 6.54 Å². The van der Waals surface area contributed by atoms with Gasteiger partial charge < -0.3 is 26.2 Å². The SMILES string of the molecule is C[C@@H](NC(=O)[C@H](O)[C@@H](O)C(=O)N1Cc2ccccc2[C@@H]1c1csc(N)n1)c1ccc(-n2cccn2)cc1. The Hall–Kier alpha value is -4.06. The van der Waals surface area contributed by atoms with Gasteiger partial charge in [0, 0.05) is 24.3 Å². The van der Waals surface area contributed by atoms with Crippen molar-refractivity contribution in [1.29, 1.82) is 0 Å². The second-order valence-electron chi connectivity index (χ2n) is 8.84. The number of hydrogen-bond donors (Lipinski definition) is 4. The maximum Gasteiger partial charge on any atom is 0.255 e. The first-order chi connectivity index (χ1) is 17.8. The van der Waals surface area contributed by atoms with Gasteiger partial charge in [-0.25, -0.2) is 9.67 Å². The van der Waals surface area contributed by atoms with E-state index in [1.165, 1.54) is 16.2 Å². The molecule has 5 N–H and O–H groups in total. The van der Waals surface area contributed by atoms with Gasteiger partial charge in [-0.1, -0.05) is 36.4 Å². The van der Waals surface area contributed by atoms with E-state index in [1.807, 2.05) is 60.8 Å². The molecule has 0 fully saturated rings. The number of aliphatic hydroxyl groups excluding tert-OH is 2. The number of carbonyl (C=O) groups excluding carboxylic acids is 2. The molecule has 2 amide bonds. The van der Waals surface area contributed by atoms with Crippen LogP contribution >= 0.6 is 11.3 Å². The zero-order valence-electron chi connectivity index (χ0n) is 19.9. The van der Waals surface area contributed by atoms with Gasteiger partial charge in [0.2, 0.25) is 0 Å². The largest absolute Gasteiger partial charge is 0.380 e. The molecule has 0 bridgehead atoms. The van der Waals surface area contributed by atoms with Crippen molar-refractivity contribution in [2.24, 2.45) is 0 Å². The second kappa shape index (κ2) is 10.1. The molecule has 4 aromatic rings. The molecular formula is C26H26N6O4S. The van der Waals surface area contributed by atoms with Gasteiger partial charge in [-0.2, -0.15) is 5.10 Å². The van der Waals surface area contributed by atoms with Crippen LogP contribution in [0.4, 0.5) is 5.13 Å². The first-order valence-corrected chi connectivity index (χ1v) is 12.6. The molecule has 0 spiro atoms. The molecule has 2 aromatic carbocycles. The quantitative estimate of drug-likeness (QED) is 0.292. The summed E-state index contributed by atoms with van der Waals surface area (Å²) in [6.45, 7) is 1.96. The van der Waals surface area contributed by atoms with Gasteiger partial charge in [-0.3, -0.25) is 9.59 Å². The Bertz CT molecular complexity index is 1400. The number of anilines is 1. The van der Waals surface area contributed by atoms with Crippen LogP contribution < -0.4 is 11.1 Å². The van der Waals surface area contributed by atoms with Gasteiger partial charge in [0.05, 0.1) is 17.4 Å². The van der Waals surface area contributed by atoms with Crippen LogP contribution in [0.25, 0.3) is 5.69 Å². The summed E-state index contributed by atoms with van der Waals surface area (Å²) in [7, 11) is 0. The number of rotatable bonds is 7. The molecular weight excluding hydrogens is 492 g/mol. The molecule has 0 saturated heterocycles. The highest BCUT2D eigenvalue weighted by Crippen LogP contribution is 2.39. The van der Waals surface area contributed by atoms with Gasteiger partial charge >= 0.3 is 0 Å². The number of nitrogens with one attached hydrogen (secondary N) is 1. The zero-order chi connectivity index (χ0) is 26.1. The van der Waals surface area contributed by atoms with Gasteiger partial charge in [0.25, 0.3) is 11.8 Å². The Morgan fingerprint density at radius 3 is 2.54 bits per heavy atom. The van der Waals surface area contributed by atoms with Crippen LogP contribution in [0.5, 0.6) is 0 Å². The maximum atomic E-state index is 13.3. The first-order valence-electron chi connectivity index (χ1n) is 11.7. The van der Waals surface area contributed by atoms with Gasteiger partial charge in [-0.05, 0) is 41.8 Å². The lowest BCUT2D eigenvalue weighted by Crippen LogP contribution is -2.50. The average molecular weight is 519 g/mol. The van der Waals surface area contributed by atoms with E-state index < -0.39 is 36.1 Å². The van der Waals surface area contributed by atoms with Crippen LogP contribution in [0, 0.1) is 0 Å². The smallest absolute Gasteiger partial charge is 0.255 e. The van der Waals surface area contributed by atoms with Crippen molar-refractivity contribution in [3.8, 4) is 5.69 Å². The highest BCUT2D eigenvalue weighted by molar-refractivity contribution is 7.13. The lowest BCUT2D eigenvalue weighted by molar-refractivity contribution is -0.154. The number of aliphatic hydroxyl groups is 2. The van der Waals surface area contributed by atoms with E-state index in [1.54, 1.807) is 23.2 Å². The molecule has 5 rings (SSSR count). The molecule has 37 heavy (non-hydrogen) atoms. The highest BCUT2D eigenvalue weighted by atomic mass is 32.1. The molecule has 4 atom stereocenters. The molecule has 0 radical (unpaired) electrons. The van der Waals surface area contributed by atoms with Crippen LogP contribution in [-0.2, 0) is 16.1 Å². The summed E-state index contributed by atoms with van der Waals surface area (Å²) in [6, 6.07) is 15.7. The molecule has 0 unspecified atom stereocenters. The maximum absolute atomic E-state index is 13.3. The molecule has 1 aliphatic heterocycles. The average Bonchev–Trinajstić information content (AvgIpc) is 3.67. The summed E-state index contributed by atoms with van der Waals surface area (Å²) < 4.78 is 1.71. The van der Waals surface area contributed by atoms with Crippen molar-refractivity contribution < 1.29 is 19.8 Å². The molecule has 1 aliphatic rings. The van der Waals surface area contributed by atoms with E-state index in [0.717, 1.165) is 22.4 Å². The first kappa shape index (κ1) is 24.6. The zero-order valence-corrected chi connectivity index (χ0v) is 20.7. The Kier molecular flexibility index (Phi) is 6.74. The number of amides is 2. The minimum absolute atomic E-state index is 0.210. The fourth-order valence-electron chi connectivity index (χ4n) is 4.51. The predicted octanol–water partition coefficient (Wildman–Crippen LogP) is 1.94. The van der Waals surface area contributed by atoms with Crippen molar-refractivity contribution in [2.75, 3.05) is 5.73 Å². The molecule has 3 heterocycles. The van der Waals surface area contributed by atoms with E-state index >= 15 is 0 Å². The number of aromatic nitrogens is 3. The number of hydrogen-bond acceptors (Lipinski definition) is 8. The monoisotopic (exact) mass is 518 g/mol. The van der Waals surface area contributed by atoms with Crippen LogP contribution in [0.15, 0.2) is 72.4 Å². The molecule has 11 heteroatoms. The van der Waals surface area contributed by atoms with E-state index in [9.17, 15) is 19.8 Å². The minimum atomic E-state index is -1.96. The highest BCUT2D eigenvalue weighted by Gasteiger charge is 2.41. The number of benzene rings is 2. The fraction of sp³-hybridized carbons (Fsp3) is 0.231. The van der Waals surface area contributed by atoms with Crippen LogP contribution in [-0.4, -0.2) is 53.9 Å². The van der Waals surface area contributed by atoms with E-state index in [4.69, 9.17) is 5.73 Å². The van der Waals surface area contributed by atoms with E-state index in [2.05, 4.69) is 15.4 Å². The van der Waals surface area contributed by atoms with Crippen molar-refractivity contribution in [1.82, 2.24) is 25.0 Å². The third kappa shape index (κ3) is 4.84. The predicted molar refractivity (Wildman–Crippen MR) is 137 cm³/mol. The normalized spacial score (nSPS) is 17.2. The van der Waals surface area contributed by atoms with Gasteiger partial charge in [0.1, 0.15) is 6.04 Å². The summed E-state index contributed by atoms with van der Waals surface area (Å²) in [5.41, 5.74) is 9.79. The van der Waals surface area contributed by atoms with Crippen LogP contribution in [0.1, 0.15) is 41.4 Å². The Morgan fingerprint density at radius 2 is 1.86 bits per heavy atom. The lowest BCUT2D eigenvalue weighted by atomic mass is 10.0. The summed E-state index contributed by atoms with van der Waals surface area (Å²) >= 11 is 1.25. The third-order valence-corrected chi connectivity index (χ3v) is 7.14. The summed E-state index contributed by atoms with van der Waals surface area (Å²) in [5.74, 6) is -1.62. The molecule has 0 aliphatic carbocycles. The fourth-order valence-corrected chi connectivity index (χ4v) is 5.09. The van der Waals surface area contributed by atoms with Gasteiger partial charge in [-0.15, -0.1) is 11.3 Å². The minimum Gasteiger partial charge on any atom is -0.380 e. The number of nitrogens with zero attached hydrogens (tertiary/aromatic N) is 4. The van der Waals surface area contributed by atoms with Crippen molar-refractivity contribution in [3.63, 3.8) is 0 Å². The standard InChI is InChI=1S/C26H26N6O4S/c1-15(16-7-9-18(10-8-16)32-12-4-11-28-32)29-24(35)22(33)23(34)25(36)31-13-17-5-2-3-6-19(17)21(31)20-14-37-26(27)30-20/h2-12,14-15,21-23,33-34H,13H2,1H3,(H2,27,30)(H,29,35)/t15-,21-,22-,23-/m1/s1. The van der Waals surface area contributed by atoms with Gasteiger partial charge in [0.15, 0.2) is 17.3 Å². The number of carbonyl (C=O) groups is 2. The lowest BCUT2D eigenvalue weighted by Gasteiger charge is -2.28. The molecule has 0 saturated carbocycles. The van der Waals surface area contributed by atoms with Crippen LogP contribution in [0.2, 0.25) is 0 Å². The third-order valence-electron chi connectivity index (χ3n) is 6.45. The summed E-state index contributed by atoms with van der Waals surface area (Å²) in [4.78, 5) is 31.9. The molecule has 2 aromatic heterocycles. The van der Waals surface area contributed by atoms with Crippen molar-refractivity contribution in [3.05, 3.63) is 94.8 Å².